The molecule has 1 aliphatic rings. The van der Waals surface area contributed by atoms with Gasteiger partial charge in [-0.25, -0.2) is 4.39 Å². The molecule has 0 N–H and O–H groups in total. The topological polar surface area (TPSA) is 36.4 Å². The highest BCUT2D eigenvalue weighted by atomic mass is 35.5. The van der Waals surface area contributed by atoms with Gasteiger partial charge in [-0.15, -0.1) is 0 Å². The second-order valence-electron chi connectivity index (χ2n) is 3.93. The number of carbonyl (C=O) groups is 1. The number of pyridine rings is 1. The number of halogens is 2. The first-order chi connectivity index (χ1) is 8.22. The van der Waals surface area contributed by atoms with Gasteiger partial charge in [0, 0.05) is 32.4 Å². The lowest BCUT2D eigenvalue weighted by molar-refractivity contribution is -0.117. The van der Waals surface area contributed by atoms with E-state index in [9.17, 15) is 9.18 Å². The molecule has 6 heteroatoms. The Hall–Kier alpha value is -1.36. The van der Waals surface area contributed by atoms with Gasteiger partial charge in [0.1, 0.15) is 0 Å². The Balaban J connectivity index is 2.19. The largest absolute Gasteiger partial charge is 0.366 e. The van der Waals surface area contributed by atoms with Crippen LogP contribution in [0.1, 0.15) is 6.42 Å². The molecule has 1 amide bonds. The highest BCUT2D eigenvalue weighted by molar-refractivity contribution is 6.33. The summed E-state index contributed by atoms with van der Waals surface area (Å²) in [6.45, 7) is 2.55. The highest BCUT2D eigenvalue weighted by Crippen LogP contribution is 2.28. The van der Waals surface area contributed by atoms with Crippen molar-refractivity contribution in [2.24, 2.45) is 0 Å². The number of hydrogen-bond acceptors (Lipinski definition) is 3. The van der Waals surface area contributed by atoms with Crippen LogP contribution in [0.15, 0.2) is 12.4 Å². The minimum absolute atomic E-state index is 0.310. The lowest BCUT2D eigenvalue weighted by atomic mass is 10.3. The van der Waals surface area contributed by atoms with E-state index in [1.807, 2.05) is 4.90 Å². The van der Waals surface area contributed by atoms with Crippen molar-refractivity contribution in [1.82, 2.24) is 9.88 Å². The van der Waals surface area contributed by atoms with Crippen molar-refractivity contribution in [2.75, 3.05) is 31.1 Å². The summed E-state index contributed by atoms with van der Waals surface area (Å²) in [5, 5.41) is 0.310. The van der Waals surface area contributed by atoms with E-state index in [1.165, 1.54) is 6.20 Å². The first-order valence-electron chi connectivity index (χ1n) is 5.45. The van der Waals surface area contributed by atoms with Crippen LogP contribution >= 0.6 is 11.6 Å². The van der Waals surface area contributed by atoms with Gasteiger partial charge in [0.2, 0.25) is 6.41 Å². The molecule has 0 atom stereocenters. The van der Waals surface area contributed by atoms with Crippen LogP contribution in [0.3, 0.4) is 0 Å². The van der Waals surface area contributed by atoms with Crippen molar-refractivity contribution in [2.45, 2.75) is 6.42 Å². The van der Waals surface area contributed by atoms with Gasteiger partial charge in [-0.1, -0.05) is 11.6 Å². The first kappa shape index (κ1) is 12.1. The van der Waals surface area contributed by atoms with Crippen LogP contribution in [-0.4, -0.2) is 42.5 Å². The van der Waals surface area contributed by atoms with Gasteiger partial charge in [-0.05, 0) is 6.42 Å². The van der Waals surface area contributed by atoms with Gasteiger partial charge < -0.3 is 9.80 Å². The van der Waals surface area contributed by atoms with Gasteiger partial charge in [0.25, 0.3) is 0 Å². The summed E-state index contributed by atoms with van der Waals surface area (Å²) in [5.41, 5.74) is 0.384. The molecule has 2 rings (SSSR count). The van der Waals surface area contributed by atoms with Crippen molar-refractivity contribution in [3.05, 3.63) is 23.2 Å². The Morgan fingerprint density at radius 2 is 2.12 bits per heavy atom. The average Bonchev–Trinajstić information content (AvgIpc) is 2.54. The smallest absolute Gasteiger partial charge is 0.209 e. The quantitative estimate of drug-likeness (QED) is 0.754. The van der Waals surface area contributed by atoms with E-state index in [4.69, 9.17) is 11.6 Å². The van der Waals surface area contributed by atoms with Crippen LogP contribution in [0.4, 0.5) is 10.1 Å². The molecule has 1 saturated heterocycles. The van der Waals surface area contributed by atoms with Crippen LogP contribution in [0, 0.1) is 5.82 Å². The first-order valence-corrected chi connectivity index (χ1v) is 5.83. The van der Waals surface area contributed by atoms with E-state index in [2.05, 4.69) is 4.98 Å². The Labute approximate surface area is 104 Å². The molecule has 4 nitrogen and oxygen atoms in total. The average molecular weight is 258 g/mol. The molecule has 1 aromatic rings. The van der Waals surface area contributed by atoms with Crippen molar-refractivity contribution in [1.29, 1.82) is 0 Å². The molecule has 1 aromatic heterocycles. The molecule has 17 heavy (non-hydrogen) atoms. The third-order valence-electron chi connectivity index (χ3n) is 2.82. The predicted molar refractivity (Wildman–Crippen MR) is 63.7 cm³/mol. The van der Waals surface area contributed by atoms with E-state index >= 15 is 0 Å². The minimum Gasteiger partial charge on any atom is -0.366 e. The summed E-state index contributed by atoms with van der Waals surface area (Å²) >= 11 is 5.96. The summed E-state index contributed by atoms with van der Waals surface area (Å²) in [4.78, 5) is 17.9. The summed E-state index contributed by atoms with van der Waals surface area (Å²) < 4.78 is 13.7. The number of amides is 1. The summed E-state index contributed by atoms with van der Waals surface area (Å²) in [7, 11) is 0. The molecule has 0 aliphatic carbocycles. The molecule has 1 aliphatic heterocycles. The molecule has 0 spiro atoms. The van der Waals surface area contributed by atoms with Gasteiger partial charge in [-0.2, -0.15) is 0 Å². The molecular weight excluding hydrogens is 245 g/mol. The molecule has 0 aromatic carbocycles. The summed E-state index contributed by atoms with van der Waals surface area (Å²) in [5.74, 6) is -0.419. The fraction of sp³-hybridized carbons (Fsp3) is 0.455. The van der Waals surface area contributed by atoms with E-state index in [1.54, 1.807) is 4.90 Å². The maximum atomic E-state index is 13.7. The lowest BCUT2D eigenvalue weighted by Crippen LogP contribution is -2.30. The summed E-state index contributed by atoms with van der Waals surface area (Å²) in [6, 6.07) is 0. The number of nitrogens with zero attached hydrogens (tertiary/aromatic N) is 3. The number of rotatable bonds is 2. The fourth-order valence-corrected chi connectivity index (χ4v) is 2.24. The Morgan fingerprint density at radius 1 is 1.29 bits per heavy atom. The maximum Gasteiger partial charge on any atom is 0.209 e. The highest BCUT2D eigenvalue weighted by Gasteiger charge is 2.19. The van der Waals surface area contributed by atoms with E-state index in [0.29, 0.717) is 36.9 Å². The zero-order chi connectivity index (χ0) is 12.3. The second-order valence-corrected chi connectivity index (χ2v) is 4.34. The number of carbonyl (C=O) groups excluding carboxylic acids is 1. The molecule has 0 bridgehead atoms. The zero-order valence-electron chi connectivity index (χ0n) is 9.27. The van der Waals surface area contributed by atoms with Crippen molar-refractivity contribution < 1.29 is 9.18 Å². The third-order valence-corrected chi connectivity index (χ3v) is 3.10. The molecule has 0 saturated carbocycles. The van der Waals surface area contributed by atoms with Crippen molar-refractivity contribution in [3.8, 4) is 0 Å². The van der Waals surface area contributed by atoms with Gasteiger partial charge in [0.05, 0.1) is 16.9 Å². The predicted octanol–water partition coefficient (Wildman–Crippen LogP) is 1.54. The van der Waals surface area contributed by atoms with Crippen LogP contribution < -0.4 is 4.90 Å². The lowest BCUT2D eigenvalue weighted by Gasteiger charge is -2.23. The molecule has 2 heterocycles. The maximum absolute atomic E-state index is 13.7. The summed E-state index contributed by atoms with van der Waals surface area (Å²) in [6.07, 6.45) is 4.22. The molecule has 0 unspecified atom stereocenters. The number of hydrogen-bond donors (Lipinski definition) is 0. The standard InChI is InChI=1S/C11H13ClFN3O/c12-9-6-14-7-10(13)11(9)16-3-1-2-15(8-17)4-5-16/h6-8H,1-5H2. The molecule has 0 radical (unpaired) electrons. The molecular formula is C11H13ClFN3O. The SMILES string of the molecule is O=CN1CCCN(c2c(F)cncc2Cl)CC1. The van der Waals surface area contributed by atoms with Crippen molar-refractivity contribution in [3.63, 3.8) is 0 Å². The van der Waals surface area contributed by atoms with Crippen LogP contribution in [-0.2, 0) is 4.79 Å². The van der Waals surface area contributed by atoms with E-state index < -0.39 is 5.82 Å². The molecule has 92 valence electrons. The number of aromatic nitrogens is 1. The fourth-order valence-electron chi connectivity index (χ4n) is 1.97. The normalized spacial score (nSPS) is 16.8. The zero-order valence-corrected chi connectivity index (χ0v) is 10.0. The monoisotopic (exact) mass is 257 g/mol. The Morgan fingerprint density at radius 3 is 2.82 bits per heavy atom. The van der Waals surface area contributed by atoms with Crippen LogP contribution in [0.25, 0.3) is 0 Å². The van der Waals surface area contributed by atoms with E-state index in [-0.39, 0.29) is 0 Å². The Kier molecular flexibility index (Phi) is 3.78. The van der Waals surface area contributed by atoms with Gasteiger partial charge in [-0.3, -0.25) is 9.78 Å². The van der Waals surface area contributed by atoms with Crippen molar-refractivity contribution >= 4 is 23.7 Å². The van der Waals surface area contributed by atoms with Crippen LogP contribution in [0.2, 0.25) is 5.02 Å². The second kappa shape index (κ2) is 5.31. The Bertz CT molecular complexity index is 395. The minimum atomic E-state index is -0.419. The number of anilines is 1. The van der Waals surface area contributed by atoms with Gasteiger partial charge >= 0.3 is 0 Å². The third kappa shape index (κ3) is 2.66. The van der Waals surface area contributed by atoms with Gasteiger partial charge in [0.15, 0.2) is 5.82 Å². The van der Waals surface area contributed by atoms with Crippen LogP contribution in [0.5, 0.6) is 0 Å². The molecule has 1 fully saturated rings. The van der Waals surface area contributed by atoms with E-state index in [0.717, 1.165) is 19.0 Å².